The third-order valence-corrected chi connectivity index (χ3v) is 5.55. The second kappa shape index (κ2) is 3.99. The molecule has 3 fully saturated rings. The molecule has 3 aliphatic carbocycles. The molecule has 2 heteroatoms. The van der Waals surface area contributed by atoms with Crippen LogP contribution in [0.3, 0.4) is 0 Å². The van der Waals surface area contributed by atoms with Crippen LogP contribution >= 0.6 is 0 Å². The van der Waals surface area contributed by atoms with Crippen molar-refractivity contribution in [3.63, 3.8) is 0 Å². The van der Waals surface area contributed by atoms with Gasteiger partial charge in [-0.05, 0) is 50.4 Å². The minimum Gasteiger partial charge on any atom is -0.393 e. The van der Waals surface area contributed by atoms with Crippen LogP contribution < -0.4 is 0 Å². The molecule has 16 heavy (non-hydrogen) atoms. The maximum absolute atomic E-state index is 11.0. The molecule has 0 aromatic rings. The van der Waals surface area contributed by atoms with Crippen molar-refractivity contribution in [3.8, 4) is 0 Å². The summed E-state index contributed by atoms with van der Waals surface area (Å²) in [4.78, 5) is 0. The Morgan fingerprint density at radius 3 is 2.50 bits per heavy atom. The van der Waals surface area contributed by atoms with Gasteiger partial charge in [0.1, 0.15) is 0 Å². The normalized spacial score (nSPS) is 52.9. The average Bonchev–Trinajstić information content (AvgIpc) is 2.26. The van der Waals surface area contributed by atoms with Crippen LogP contribution in [0.15, 0.2) is 0 Å². The largest absolute Gasteiger partial charge is 0.393 e. The third kappa shape index (κ3) is 1.53. The van der Waals surface area contributed by atoms with E-state index in [-0.39, 0.29) is 12.0 Å². The van der Waals surface area contributed by atoms with Crippen LogP contribution in [0.1, 0.15) is 57.8 Å². The monoisotopic (exact) mass is 224 g/mol. The van der Waals surface area contributed by atoms with Crippen molar-refractivity contribution in [2.75, 3.05) is 0 Å². The van der Waals surface area contributed by atoms with Gasteiger partial charge in [0.2, 0.25) is 0 Å². The van der Waals surface area contributed by atoms with Gasteiger partial charge in [0.15, 0.2) is 0 Å². The van der Waals surface area contributed by atoms with Crippen molar-refractivity contribution >= 4 is 0 Å². The fourth-order valence-electron chi connectivity index (χ4n) is 4.84. The van der Waals surface area contributed by atoms with Gasteiger partial charge in [-0.15, -0.1) is 0 Å². The highest BCUT2D eigenvalue weighted by molar-refractivity contribution is 5.05. The summed E-state index contributed by atoms with van der Waals surface area (Å²) >= 11 is 0. The molecular formula is C14H24O2. The second-order valence-corrected chi connectivity index (χ2v) is 6.30. The topological polar surface area (TPSA) is 40.5 Å². The predicted molar refractivity (Wildman–Crippen MR) is 63.0 cm³/mol. The van der Waals surface area contributed by atoms with Gasteiger partial charge in [0.25, 0.3) is 0 Å². The molecule has 2 nitrogen and oxygen atoms in total. The van der Waals surface area contributed by atoms with Crippen molar-refractivity contribution in [2.24, 2.45) is 17.8 Å². The van der Waals surface area contributed by atoms with Gasteiger partial charge in [-0.2, -0.15) is 0 Å². The average molecular weight is 224 g/mol. The molecule has 0 aliphatic heterocycles. The maximum Gasteiger partial charge on any atom is 0.0731 e. The summed E-state index contributed by atoms with van der Waals surface area (Å²) in [7, 11) is 0. The lowest BCUT2D eigenvalue weighted by molar-refractivity contribution is -0.187. The number of hydrogen-bond acceptors (Lipinski definition) is 2. The van der Waals surface area contributed by atoms with Gasteiger partial charge in [0, 0.05) is 5.92 Å². The Kier molecular flexibility index (Phi) is 2.75. The fourth-order valence-corrected chi connectivity index (χ4v) is 4.84. The minimum atomic E-state index is -0.513. The van der Waals surface area contributed by atoms with E-state index < -0.39 is 5.60 Å². The van der Waals surface area contributed by atoms with Gasteiger partial charge in [-0.25, -0.2) is 0 Å². The molecule has 0 saturated heterocycles. The van der Waals surface area contributed by atoms with E-state index in [0.717, 1.165) is 19.3 Å². The Hall–Kier alpha value is -0.0800. The first-order valence-corrected chi connectivity index (χ1v) is 7.12. The van der Waals surface area contributed by atoms with Gasteiger partial charge >= 0.3 is 0 Å². The molecule has 5 atom stereocenters. The quantitative estimate of drug-likeness (QED) is 0.663. The molecule has 0 aromatic heterocycles. The highest BCUT2D eigenvalue weighted by atomic mass is 16.3. The number of aliphatic hydroxyl groups excluding tert-OH is 1. The van der Waals surface area contributed by atoms with Crippen molar-refractivity contribution in [3.05, 3.63) is 0 Å². The molecule has 0 aromatic carbocycles. The molecular weight excluding hydrogens is 200 g/mol. The van der Waals surface area contributed by atoms with Crippen LogP contribution in [0.25, 0.3) is 0 Å². The zero-order valence-corrected chi connectivity index (χ0v) is 10.1. The standard InChI is InChI=1S/C14H24O2/c15-12-8-7-11-6-2-1-4-10-5-3-9-14(11,16)13(10)12/h10-13,15-16H,1-9H2/t10-,11-,12+,13+,14+/m1/s1. The lowest BCUT2D eigenvalue weighted by Gasteiger charge is -2.55. The summed E-state index contributed by atoms with van der Waals surface area (Å²) in [6.07, 6.45) is 10.1. The molecule has 0 heterocycles. The Labute approximate surface area is 98.1 Å². The number of rotatable bonds is 0. The molecule has 4 bridgehead atoms. The van der Waals surface area contributed by atoms with Crippen molar-refractivity contribution in [1.29, 1.82) is 0 Å². The molecule has 3 saturated carbocycles. The maximum atomic E-state index is 11.0. The van der Waals surface area contributed by atoms with E-state index in [1.54, 1.807) is 0 Å². The van der Waals surface area contributed by atoms with E-state index in [0.29, 0.717) is 11.8 Å². The summed E-state index contributed by atoms with van der Waals surface area (Å²) in [6, 6.07) is 0. The van der Waals surface area contributed by atoms with Crippen LogP contribution in [0.5, 0.6) is 0 Å². The molecule has 0 radical (unpaired) electrons. The van der Waals surface area contributed by atoms with E-state index in [1.165, 1.54) is 38.5 Å². The zero-order valence-electron chi connectivity index (χ0n) is 10.1. The number of aliphatic hydroxyl groups is 2. The smallest absolute Gasteiger partial charge is 0.0731 e. The lowest BCUT2D eigenvalue weighted by Crippen LogP contribution is -2.58. The van der Waals surface area contributed by atoms with E-state index in [4.69, 9.17) is 0 Å². The molecule has 0 unspecified atom stereocenters. The highest BCUT2D eigenvalue weighted by Crippen LogP contribution is 2.53. The summed E-state index contributed by atoms with van der Waals surface area (Å²) in [5.41, 5.74) is -0.513. The van der Waals surface area contributed by atoms with Crippen LogP contribution in [0, 0.1) is 17.8 Å². The van der Waals surface area contributed by atoms with E-state index in [9.17, 15) is 10.2 Å². The molecule has 0 spiro atoms. The van der Waals surface area contributed by atoms with Crippen LogP contribution in [0.4, 0.5) is 0 Å². The van der Waals surface area contributed by atoms with E-state index in [2.05, 4.69) is 0 Å². The highest BCUT2D eigenvalue weighted by Gasteiger charge is 2.54. The Balaban J connectivity index is 1.95. The summed E-state index contributed by atoms with van der Waals surface area (Å²) < 4.78 is 0. The van der Waals surface area contributed by atoms with E-state index >= 15 is 0 Å². The van der Waals surface area contributed by atoms with Gasteiger partial charge in [-0.3, -0.25) is 0 Å². The van der Waals surface area contributed by atoms with E-state index in [1.807, 2.05) is 0 Å². The molecule has 0 amide bonds. The fraction of sp³-hybridized carbons (Fsp3) is 1.00. The van der Waals surface area contributed by atoms with Gasteiger partial charge in [0.05, 0.1) is 11.7 Å². The van der Waals surface area contributed by atoms with Crippen molar-refractivity contribution < 1.29 is 10.2 Å². The zero-order chi connectivity index (χ0) is 11.2. The Morgan fingerprint density at radius 1 is 0.875 bits per heavy atom. The molecule has 3 aliphatic rings. The first-order chi connectivity index (χ1) is 7.72. The summed E-state index contributed by atoms with van der Waals surface area (Å²) in [5, 5.41) is 21.2. The Bertz CT molecular complexity index is 263. The van der Waals surface area contributed by atoms with Crippen LogP contribution in [-0.4, -0.2) is 21.9 Å². The van der Waals surface area contributed by atoms with Crippen molar-refractivity contribution in [2.45, 2.75) is 69.5 Å². The first-order valence-electron chi connectivity index (χ1n) is 7.12. The van der Waals surface area contributed by atoms with Crippen molar-refractivity contribution in [1.82, 2.24) is 0 Å². The van der Waals surface area contributed by atoms with Gasteiger partial charge in [-0.1, -0.05) is 19.3 Å². The third-order valence-electron chi connectivity index (χ3n) is 5.55. The minimum absolute atomic E-state index is 0.195. The summed E-state index contributed by atoms with van der Waals surface area (Å²) in [6.45, 7) is 0. The lowest BCUT2D eigenvalue weighted by atomic mass is 9.54. The molecule has 92 valence electrons. The van der Waals surface area contributed by atoms with Gasteiger partial charge < -0.3 is 10.2 Å². The van der Waals surface area contributed by atoms with Crippen LogP contribution in [-0.2, 0) is 0 Å². The Morgan fingerprint density at radius 2 is 1.62 bits per heavy atom. The second-order valence-electron chi connectivity index (χ2n) is 6.30. The van der Waals surface area contributed by atoms with Crippen LogP contribution in [0.2, 0.25) is 0 Å². The first kappa shape index (κ1) is 11.0. The SMILES string of the molecule is O[C@H]1CC[C@H]2CCCC[C@@H]3CCC[C@@]2(O)[C@@H]31. The molecule has 3 rings (SSSR count). The predicted octanol–water partition coefficient (Wildman–Crippen LogP) is 2.48. The molecule has 2 N–H and O–H groups in total. The number of hydrogen-bond donors (Lipinski definition) is 2. The summed E-state index contributed by atoms with van der Waals surface area (Å²) in [5.74, 6) is 1.26.